The molecule has 0 fully saturated rings. The number of thioether (sulfide) groups is 1. The molecule has 2 aromatic rings. The first kappa shape index (κ1) is 24.5. The molecule has 8 heteroatoms. The molecule has 0 saturated heterocycles. The summed E-state index contributed by atoms with van der Waals surface area (Å²) in [6, 6.07) is 15.4. The Morgan fingerprint density at radius 3 is 2.38 bits per heavy atom. The zero-order valence-electron chi connectivity index (χ0n) is 16.3. The van der Waals surface area contributed by atoms with Crippen LogP contribution in [-0.4, -0.2) is 41.5 Å². The van der Waals surface area contributed by atoms with Crippen LogP contribution in [0.25, 0.3) is 0 Å². The second-order valence-corrected chi connectivity index (χ2v) is 7.36. The predicted octanol–water partition coefficient (Wildman–Crippen LogP) is 3.60. The highest BCUT2D eigenvalue weighted by atomic mass is 35.5. The summed E-state index contributed by atoms with van der Waals surface area (Å²) in [5.74, 6) is -0.337. The van der Waals surface area contributed by atoms with Crippen LogP contribution in [0.5, 0.6) is 5.75 Å². The molecule has 2 N–H and O–H groups in total. The molecule has 2 amide bonds. The van der Waals surface area contributed by atoms with E-state index in [1.165, 1.54) is 11.8 Å². The average Bonchev–Trinajstić information content (AvgIpc) is 2.68. The molecule has 156 valence electrons. The highest BCUT2D eigenvalue weighted by Crippen LogP contribution is 2.19. The third-order valence-electron chi connectivity index (χ3n) is 3.72. The molecule has 2 rings (SSSR count). The number of halogens is 1. The van der Waals surface area contributed by atoms with Crippen LogP contribution in [-0.2, 0) is 27.2 Å². The third-order valence-corrected chi connectivity index (χ3v) is 5.04. The summed E-state index contributed by atoms with van der Waals surface area (Å²) < 4.78 is 5.75. The van der Waals surface area contributed by atoms with E-state index in [2.05, 4.69) is 5.32 Å². The number of rotatable bonds is 9. The van der Waals surface area contributed by atoms with E-state index in [0.29, 0.717) is 19.4 Å². The predicted molar refractivity (Wildman–Crippen MR) is 116 cm³/mol. The lowest BCUT2D eigenvalue weighted by Gasteiger charge is -2.13. The summed E-state index contributed by atoms with van der Waals surface area (Å²) in [6.07, 6.45) is 3.56. The van der Waals surface area contributed by atoms with E-state index in [0.717, 1.165) is 35.2 Å². The normalized spacial score (nSPS) is 10.9. The molecule has 1 atom stereocenters. The first-order chi connectivity index (χ1) is 13.9. The molecular weight excluding hydrogens is 414 g/mol. The van der Waals surface area contributed by atoms with Gasteiger partial charge in [0.15, 0.2) is 0 Å². The average molecular weight is 438 g/mol. The van der Waals surface area contributed by atoms with E-state index in [9.17, 15) is 9.59 Å². The van der Waals surface area contributed by atoms with Crippen LogP contribution < -0.4 is 10.1 Å². The number of hydrogen-bond donors (Lipinski definition) is 2. The number of nitrogens with one attached hydrogen (secondary N) is 1. The number of hydrogen-bond acceptors (Lipinski definition) is 5. The quantitative estimate of drug-likeness (QED) is 0.582. The van der Waals surface area contributed by atoms with Gasteiger partial charge >= 0.3 is 0 Å². The minimum absolute atomic E-state index is 0.275. The number of aliphatic carboxylic acids is 1. The maximum Gasteiger partial charge on any atom is 0.300 e. The number of ether oxygens (including phenoxy) is 1. The Hall–Kier alpha value is -2.51. The Labute approximate surface area is 179 Å². The number of benzene rings is 2. The summed E-state index contributed by atoms with van der Waals surface area (Å²) in [6.45, 7) is 1.62. The fourth-order valence-electron chi connectivity index (χ4n) is 2.35. The number of carboxylic acid groups (broad SMARTS) is 1. The van der Waals surface area contributed by atoms with Gasteiger partial charge in [-0.25, -0.2) is 0 Å². The first-order valence-corrected chi connectivity index (χ1v) is 10.5. The van der Waals surface area contributed by atoms with Crippen molar-refractivity contribution >= 4 is 41.6 Å². The number of imide groups is 1. The molecule has 29 heavy (non-hydrogen) atoms. The molecule has 0 aromatic heterocycles. The largest absolute Gasteiger partial charge is 0.493 e. The van der Waals surface area contributed by atoms with Gasteiger partial charge in [-0.2, -0.15) is 11.8 Å². The summed E-state index contributed by atoms with van der Waals surface area (Å²) in [4.78, 5) is 31.1. The van der Waals surface area contributed by atoms with Gasteiger partial charge in [-0.1, -0.05) is 41.9 Å². The topological polar surface area (TPSA) is 92.7 Å². The van der Waals surface area contributed by atoms with Crippen molar-refractivity contribution in [2.24, 2.45) is 0 Å². The van der Waals surface area contributed by atoms with Gasteiger partial charge in [0.25, 0.3) is 5.97 Å². The lowest BCUT2D eigenvalue weighted by Crippen LogP contribution is -2.32. The van der Waals surface area contributed by atoms with E-state index in [-0.39, 0.29) is 11.2 Å². The van der Waals surface area contributed by atoms with Crippen LogP contribution in [0.3, 0.4) is 0 Å². The Bertz CT molecular complexity index is 794. The van der Waals surface area contributed by atoms with Crippen LogP contribution in [0.2, 0.25) is 5.02 Å². The number of carbonyl (C=O) groups is 3. The van der Waals surface area contributed by atoms with Crippen molar-refractivity contribution in [1.82, 2.24) is 5.32 Å². The molecule has 0 bridgehead atoms. The maximum atomic E-state index is 11.8. The van der Waals surface area contributed by atoms with E-state index < -0.39 is 5.97 Å². The van der Waals surface area contributed by atoms with Crippen molar-refractivity contribution in [1.29, 1.82) is 0 Å². The van der Waals surface area contributed by atoms with Crippen LogP contribution in [0.1, 0.15) is 18.1 Å². The maximum absolute atomic E-state index is 11.8. The molecule has 1 unspecified atom stereocenters. The number of amides is 2. The summed E-state index contributed by atoms with van der Waals surface area (Å²) >= 11 is 7.54. The zero-order valence-corrected chi connectivity index (χ0v) is 17.8. The standard InChI is InChI=1S/C19H20ClNO3S.C2H4O2/c1-25-18(19(23)21-13-22)12-14-6-8-16(9-7-14)24-11-10-15-4-2-3-5-17(15)20;1-2(3)4/h2-9,13,18H,10-12H2,1H3,(H,21,22,23);1H3,(H,3,4). The lowest BCUT2D eigenvalue weighted by atomic mass is 10.1. The molecule has 0 heterocycles. The van der Waals surface area contributed by atoms with Gasteiger partial charge in [-0.05, 0) is 42.0 Å². The van der Waals surface area contributed by atoms with E-state index in [1.807, 2.05) is 54.8 Å². The molecule has 0 aliphatic carbocycles. The van der Waals surface area contributed by atoms with Crippen LogP contribution in [0, 0.1) is 0 Å². The van der Waals surface area contributed by atoms with Crippen LogP contribution in [0.15, 0.2) is 48.5 Å². The second kappa shape index (κ2) is 13.6. The highest BCUT2D eigenvalue weighted by Gasteiger charge is 2.17. The molecular formula is C21H24ClNO5S. The van der Waals surface area contributed by atoms with E-state index in [1.54, 1.807) is 0 Å². The van der Waals surface area contributed by atoms with Gasteiger partial charge in [0.1, 0.15) is 5.75 Å². The third kappa shape index (κ3) is 10.0. The highest BCUT2D eigenvalue weighted by molar-refractivity contribution is 7.99. The van der Waals surface area contributed by atoms with Crippen LogP contribution >= 0.6 is 23.4 Å². The van der Waals surface area contributed by atoms with Crippen molar-refractivity contribution < 1.29 is 24.2 Å². The lowest BCUT2D eigenvalue weighted by molar-refractivity contribution is -0.134. The van der Waals surface area contributed by atoms with Crippen molar-refractivity contribution in [2.75, 3.05) is 12.9 Å². The van der Waals surface area contributed by atoms with Crippen molar-refractivity contribution in [3.8, 4) is 5.75 Å². The zero-order chi connectivity index (χ0) is 21.6. The smallest absolute Gasteiger partial charge is 0.300 e. The second-order valence-electron chi connectivity index (χ2n) is 5.91. The SMILES string of the molecule is CC(=O)O.CSC(Cc1ccc(OCCc2ccccc2Cl)cc1)C(=O)NC=O. The molecule has 0 radical (unpaired) electrons. The molecule has 0 spiro atoms. The molecule has 2 aromatic carbocycles. The Balaban J connectivity index is 0.000000960. The van der Waals surface area contributed by atoms with Gasteiger partial charge in [0.05, 0.1) is 11.9 Å². The van der Waals surface area contributed by atoms with Gasteiger partial charge in [0.2, 0.25) is 12.3 Å². The van der Waals surface area contributed by atoms with E-state index in [4.69, 9.17) is 26.2 Å². The molecule has 0 saturated carbocycles. The van der Waals surface area contributed by atoms with Gasteiger partial charge < -0.3 is 9.84 Å². The van der Waals surface area contributed by atoms with Crippen molar-refractivity contribution in [2.45, 2.75) is 25.0 Å². The van der Waals surface area contributed by atoms with Crippen LogP contribution in [0.4, 0.5) is 0 Å². The summed E-state index contributed by atoms with van der Waals surface area (Å²) in [5, 5.41) is 10.1. The Kier molecular flexibility index (Phi) is 11.5. The first-order valence-electron chi connectivity index (χ1n) is 8.78. The minimum atomic E-state index is -0.833. The van der Waals surface area contributed by atoms with Gasteiger partial charge in [0, 0.05) is 18.4 Å². The fraction of sp³-hybridized carbons (Fsp3) is 0.286. The van der Waals surface area contributed by atoms with Crippen molar-refractivity contribution in [3.05, 3.63) is 64.7 Å². The molecule has 0 aliphatic rings. The van der Waals surface area contributed by atoms with E-state index >= 15 is 0 Å². The van der Waals surface area contributed by atoms with Gasteiger partial charge in [-0.15, -0.1) is 0 Å². The fourth-order valence-corrected chi connectivity index (χ4v) is 3.22. The molecule has 6 nitrogen and oxygen atoms in total. The Morgan fingerprint density at radius 2 is 1.83 bits per heavy atom. The number of carboxylic acids is 1. The molecule has 0 aliphatic heterocycles. The Morgan fingerprint density at radius 1 is 1.21 bits per heavy atom. The number of carbonyl (C=O) groups excluding carboxylic acids is 2. The van der Waals surface area contributed by atoms with Crippen molar-refractivity contribution in [3.63, 3.8) is 0 Å². The van der Waals surface area contributed by atoms with Gasteiger partial charge in [-0.3, -0.25) is 19.7 Å². The summed E-state index contributed by atoms with van der Waals surface area (Å²) in [5.41, 5.74) is 2.07. The minimum Gasteiger partial charge on any atom is -0.493 e. The monoisotopic (exact) mass is 437 g/mol. The summed E-state index contributed by atoms with van der Waals surface area (Å²) in [7, 11) is 0.